The molecule has 1 aromatic carbocycles. The molecule has 1 atom stereocenters. The van der Waals surface area contributed by atoms with Crippen LogP contribution in [0.4, 0.5) is 0 Å². The molecule has 1 aliphatic heterocycles. The highest BCUT2D eigenvalue weighted by Crippen LogP contribution is 2.34. The van der Waals surface area contributed by atoms with Crippen molar-refractivity contribution in [2.75, 3.05) is 40.4 Å². The second-order valence-corrected chi connectivity index (χ2v) is 7.53. The van der Waals surface area contributed by atoms with Crippen molar-refractivity contribution in [3.05, 3.63) is 23.8 Å². The lowest BCUT2D eigenvalue weighted by Gasteiger charge is -2.32. The van der Waals surface area contributed by atoms with Gasteiger partial charge in [0.15, 0.2) is 0 Å². The molecule has 4 heteroatoms. The van der Waals surface area contributed by atoms with E-state index in [9.17, 15) is 0 Å². The van der Waals surface area contributed by atoms with E-state index in [0.29, 0.717) is 5.41 Å². The summed E-state index contributed by atoms with van der Waals surface area (Å²) < 4.78 is 10.9. The molecule has 1 saturated heterocycles. The zero-order chi connectivity index (χ0) is 16.3. The molecule has 128 valence electrons. The number of methoxy groups -OCH3 is 2. The molecule has 1 heterocycles. The number of hydrogen-bond donors (Lipinski definition) is 1. The maximum atomic E-state index is 5.59. The van der Waals surface area contributed by atoms with Crippen LogP contribution < -0.4 is 14.8 Å². The number of ether oxygens (including phenoxy) is 2. The monoisotopic (exact) mass is 318 g/mol. The first kappa shape index (κ1) is 16.6. The lowest BCUT2D eigenvalue weighted by molar-refractivity contribution is 0.163. The summed E-state index contributed by atoms with van der Waals surface area (Å²) in [6.45, 7) is 8.03. The average molecular weight is 318 g/mol. The summed E-state index contributed by atoms with van der Waals surface area (Å²) in [5.74, 6) is 2.68. The summed E-state index contributed by atoms with van der Waals surface area (Å²) >= 11 is 0. The minimum Gasteiger partial charge on any atom is -0.497 e. The average Bonchev–Trinajstić information content (AvgIpc) is 3.26. The quantitative estimate of drug-likeness (QED) is 0.799. The first-order valence-electron chi connectivity index (χ1n) is 8.76. The van der Waals surface area contributed by atoms with Crippen molar-refractivity contribution in [3.8, 4) is 11.5 Å². The standard InChI is InChI=1S/C19H30N2O2/c1-19(8-9-20-13-19)14-21(11-15-4-5-15)12-16-6-7-17(22-2)10-18(16)23-3/h6-7,10,15,20H,4-5,8-9,11-14H2,1-3H3. The fourth-order valence-corrected chi connectivity index (χ4v) is 3.62. The van der Waals surface area contributed by atoms with Crippen LogP contribution in [0.15, 0.2) is 18.2 Å². The van der Waals surface area contributed by atoms with E-state index in [1.165, 1.54) is 31.4 Å². The highest BCUT2D eigenvalue weighted by Gasteiger charge is 2.33. The lowest BCUT2D eigenvalue weighted by Crippen LogP contribution is -2.38. The predicted octanol–water partition coefficient (Wildman–Crippen LogP) is 2.92. The van der Waals surface area contributed by atoms with Crippen LogP contribution in [-0.2, 0) is 6.54 Å². The molecule has 2 aliphatic rings. The van der Waals surface area contributed by atoms with Gasteiger partial charge in [-0.3, -0.25) is 4.90 Å². The van der Waals surface area contributed by atoms with Crippen molar-refractivity contribution in [2.45, 2.75) is 32.7 Å². The van der Waals surface area contributed by atoms with Crippen LogP contribution in [0.3, 0.4) is 0 Å². The third-order valence-electron chi connectivity index (χ3n) is 5.16. The van der Waals surface area contributed by atoms with Crippen LogP contribution >= 0.6 is 0 Å². The molecule has 0 radical (unpaired) electrons. The fourth-order valence-electron chi connectivity index (χ4n) is 3.62. The van der Waals surface area contributed by atoms with Crippen molar-refractivity contribution in [1.82, 2.24) is 10.2 Å². The van der Waals surface area contributed by atoms with Gasteiger partial charge >= 0.3 is 0 Å². The van der Waals surface area contributed by atoms with Gasteiger partial charge < -0.3 is 14.8 Å². The van der Waals surface area contributed by atoms with Gasteiger partial charge in [0.05, 0.1) is 14.2 Å². The number of nitrogens with one attached hydrogen (secondary N) is 1. The summed E-state index contributed by atoms with van der Waals surface area (Å²) in [5, 5.41) is 3.52. The molecule has 4 nitrogen and oxygen atoms in total. The maximum absolute atomic E-state index is 5.59. The van der Waals surface area contributed by atoms with Crippen molar-refractivity contribution in [2.24, 2.45) is 11.3 Å². The van der Waals surface area contributed by atoms with Crippen molar-refractivity contribution < 1.29 is 9.47 Å². The van der Waals surface area contributed by atoms with E-state index < -0.39 is 0 Å². The first-order valence-corrected chi connectivity index (χ1v) is 8.76. The van der Waals surface area contributed by atoms with Gasteiger partial charge in [0, 0.05) is 37.8 Å². The van der Waals surface area contributed by atoms with Crippen LogP contribution in [-0.4, -0.2) is 45.3 Å². The molecular weight excluding hydrogens is 288 g/mol. The molecule has 3 rings (SSSR count). The third kappa shape index (κ3) is 4.39. The Morgan fingerprint density at radius 2 is 2.09 bits per heavy atom. The molecule has 0 bridgehead atoms. The van der Waals surface area contributed by atoms with E-state index in [-0.39, 0.29) is 0 Å². The molecule has 2 fully saturated rings. The van der Waals surface area contributed by atoms with E-state index >= 15 is 0 Å². The SMILES string of the molecule is COc1ccc(CN(CC2CC2)CC2(C)CCNC2)c(OC)c1. The van der Waals surface area contributed by atoms with E-state index in [1.54, 1.807) is 14.2 Å². The van der Waals surface area contributed by atoms with Crippen LogP contribution in [0.1, 0.15) is 31.7 Å². The van der Waals surface area contributed by atoms with Gasteiger partial charge in [-0.25, -0.2) is 0 Å². The van der Waals surface area contributed by atoms with Crippen molar-refractivity contribution >= 4 is 0 Å². The summed E-state index contributed by atoms with van der Waals surface area (Å²) in [7, 11) is 3.44. The van der Waals surface area contributed by atoms with E-state index in [4.69, 9.17) is 9.47 Å². The van der Waals surface area contributed by atoms with Gasteiger partial charge in [0.25, 0.3) is 0 Å². The number of nitrogens with zero attached hydrogens (tertiary/aromatic N) is 1. The molecule has 0 amide bonds. The van der Waals surface area contributed by atoms with Crippen LogP contribution in [0.2, 0.25) is 0 Å². The summed E-state index contributed by atoms with van der Waals surface area (Å²) in [6, 6.07) is 6.17. The number of benzene rings is 1. The molecule has 1 N–H and O–H groups in total. The van der Waals surface area contributed by atoms with Crippen molar-refractivity contribution in [3.63, 3.8) is 0 Å². The Morgan fingerprint density at radius 1 is 1.26 bits per heavy atom. The van der Waals surface area contributed by atoms with Gasteiger partial charge in [0.2, 0.25) is 0 Å². The molecular formula is C19H30N2O2. The summed E-state index contributed by atoms with van der Waals surface area (Å²) in [4.78, 5) is 2.63. The van der Waals surface area contributed by atoms with Gasteiger partial charge in [-0.15, -0.1) is 0 Å². The van der Waals surface area contributed by atoms with Gasteiger partial charge in [-0.2, -0.15) is 0 Å². The molecule has 1 aliphatic carbocycles. The van der Waals surface area contributed by atoms with E-state index in [1.807, 2.05) is 12.1 Å². The van der Waals surface area contributed by atoms with E-state index in [0.717, 1.165) is 43.6 Å². The number of hydrogen-bond acceptors (Lipinski definition) is 4. The molecule has 1 aromatic rings. The number of rotatable bonds is 8. The fraction of sp³-hybridized carbons (Fsp3) is 0.684. The van der Waals surface area contributed by atoms with E-state index in [2.05, 4.69) is 23.2 Å². The van der Waals surface area contributed by atoms with Crippen LogP contribution in [0.25, 0.3) is 0 Å². The van der Waals surface area contributed by atoms with Gasteiger partial charge in [-0.1, -0.05) is 13.0 Å². The minimum absolute atomic E-state index is 0.397. The van der Waals surface area contributed by atoms with Crippen LogP contribution in [0.5, 0.6) is 11.5 Å². The maximum Gasteiger partial charge on any atom is 0.127 e. The zero-order valence-corrected chi connectivity index (χ0v) is 14.7. The Labute approximate surface area is 140 Å². The second-order valence-electron chi connectivity index (χ2n) is 7.53. The molecule has 1 unspecified atom stereocenters. The third-order valence-corrected chi connectivity index (χ3v) is 5.16. The second kappa shape index (κ2) is 7.10. The highest BCUT2D eigenvalue weighted by atomic mass is 16.5. The van der Waals surface area contributed by atoms with Crippen LogP contribution in [0, 0.1) is 11.3 Å². The Kier molecular flexibility index (Phi) is 5.12. The topological polar surface area (TPSA) is 33.7 Å². The zero-order valence-electron chi connectivity index (χ0n) is 14.7. The molecule has 0 spiro atoms. The van der Waals surface area contributed by atoms with Gasteiger partial charge in [0.1, 0.15) is 11.5 Å². The Bertz CT molecular complexity index is 522. The normalized spacial score (nSPS) is 24.2. The Morgan fingerprint density at radius 3 is 2.70 bits per heavy atom. The summed E-state index contributed by atoms with van der Waals surface area (Å²) in [5.41, 5.74) is 1.65. The molecule has 1 saturated carbocycles. The minimum atomic E-state index is 0.397. The smallest absolute Gasteiger partial charge is 0.127 e. The molecule has 23 heavy (non-hydrogen) atoms. The first-order chi connectivity index (χ1) is 11.1. The molecule has 0 aromatic heterocycles. The Balaban J connectivity index is 1.72. The van der Waals surface area contributed by atoms with Crippen molar-refractivity contribution in [1.29, 1.82) is 0 Å². The van der Waals surface area contributed by atoms with Gasteiger partial charge in [-0.05, 0) is 43.2 Å². The lowest BCUT2D eigenvalue weighted by atomic mass is 9.89. The highest BCUT2D eigenvalue weighted by molar-refractivity contribution is 5.40. The summed E-state index contributed by atoms with van der Waals surface area (Å²) in [6.07, 6.45) is 4.06. The predicted molar refractivity (Wildman–Crippen MR) is 93.1 cm³/mol. The largest absolute Gasteiger partial charge is 0.497 e. The Hall–Kier alpha value is -1.26.